The number of aromatic nitrogens is 2. The highest BCUT2D eigenvalue weighted by atomic mass is 16.2. The van der Waals surface area contributed by atoms with E-state index in [-0.39, 0.29) is 11.8 Å². The van der Waals surface area contributed by atoms with Gasteiger partial charge in [0.2, 0.25) is 0 Å². The fraction of sp³-hybridized carbons (Fsp3) is 0.308. The molecular formula is C26H28N6O. The summed E-state index contributed by atoms with van der Waals surface area (Å²) in [7, 11) is 1.99. The second-order valence-electron chi connectivity index (χ2n) is 8.89. The fourth-order valence-electron chi connectivity index (χ4n) is 5.12. The molecule has 0 saturated carbocycles. The van der Waals surface area contributed by atoms with Crippen LogP contribution in [-0.2, 0) is 5.54 Å². The lowest BCUT2D eigenvalue weighted by atomic mass is 9.73. The van der Waals surface area contributed by atoms with Gasteiger partial charge in [-0.1, -0.05) is 36.4 Å². The first-order chi connectivity index (χ1) is 16.1. The van der Waals surface area contributed by atoms with E-state index in [1.54, 1.807) is 0 Å². The van der Waals surface area contributed by atoms with Gasteiger partial charge in [0, 0.05) is 43.7 Å². The van der Waals surface area contributed by atoms with Crippen molar-refractivity contribution in [2.24, 2.45) is 16.6 Å². The SMILES string of the molecule is CN1CC(c2cccc(-c3cncnc3)c2)(C2CCN(C(=O)c3ccccc3)CC2)N=C1N. The third kappa shape index (κ3) is 3.95. The Kier molecular flexibility index (Phi) is 5.54. The fourth-order valence-corrected chi connectivity index (χ4v) is 5.12. The van der Waals surface area contributed by atoms with Crippen LogP contribution >= 0.6 is 0 Å². The predicted molar refractivity (Wildman–Crippen MR) is 128 cm³/mol. The molecule has 2 aliphatic rings. The summed E-state index contributed by atoms with van der Waals surface area (Å²) in [5.41, 5.74) is 9.77. The number of hydrogen-bond donors (Lipinski definition) is 1. The largest absolute Gasteiger partial charge is 0.370 e. The minimum Gasteiger partial charge on any atom is -0.370 e. The Morgan fingerprint density at radius 1 is 1.00 bits per heavy atom. The minimum absolute atomic E-state index is 0.0979. The molecule has 1 amide bonds. The number of carbonyl (C=O) groups excluding carboxylic acids is 1. The lowest BCUT2D eigenvalue weighted by molar-refractivity contribution is 0.0634. The van der Waals surface area contributed by atoms with Gasteiger partial charge in [-0.2, -0.15) is 0 Å². The smallest absolute Gasteiger partial charge is 0.253 e. The van der Waals surface area contributed by atoms with Crippen molar-refractivity contribution in [1.29, 1.82) is 0 Å². The van der Waals surface area contributed by atoms with Crippen LogP contribution in [0.25, 0.3) is 11.1 Å². The summed E-state index contributed by atoms with van der Waals surface area (Å²) in [6.07, 6.45) is 6.94. The van der Waals surface area contributed by atoms with Gasteiger partial charge in [-0.3, -0.25) is 4.79 Å². The maximum absolute atomic E-state index is 12.9. The van der Waals surface area contributed by atoms with Gasteiger partial charge < -0.3 is 15.5 Å². The van der Waals surface area contributed by atoms with Gasteiger partial charge in [0.05, 0.1) is 6.54 Å². The molecule has 1 fully saturated rings. The van der Waals surface area contributed by atoms with E-state index >= 15 is 0 Å². The molecule has 2 aromatic carbocycles. The number of piperidine rings is 1. The third-order valence-corrected chi connectivity index (χ3v) is 6.92. The van der Waals surface area contributed by atoms with Crippen LogP contribution in [0.5, 0.6) is 0 Å². The van der Waals surface area contributed by atoms with Gasteiger partial charge >= 0.3 is 0 Å². The highest BCUT2D eigenvalue weighted by molar-refractivity contribution is 5.94. The lowest BCUT2D eigenvalue weighted by Gasteiger charge is -2.41. The summed E-state index contributed by atoms with van der Waals surface area (Å²) in [6.45, 7) is 2.15. The molecule has 0 spiro atoms. The molecule has 2 N–H and O–H groups in total. The summed E-state index contributed by atoms with van der Waals surface area (Å²) < 4.78 is 0. The second kappa shape index (κ2) is 8.65. The van der Waals surface area contributed by atoms with Crippen molar-refractivity contribution >= 4 is 11.9 Å². The molecule has 1 atom stereocenters. The minimum atomic E-state index is -0.438. The number of guanidine groups is 1. The van der Waals surface area contributed by atoms with Gasteiger partial charge in [-0.25, -0.2) is 15.0 Å². The standard InChI is InChI=1S/C26H28N6O/c1-31-17-26(30-25(31)27,23-9-5-8-20(14-23)21-15-28-18-29-16-21)22-10-12-32(13-11-22)24(33)19-6-3-2-4-7-19/h2-9,14-16,18,22H,10-13,17H2,1H3,(H2,27,30). The zero-order chi connectivity index (χ0) is 22.8. The summed E-state index contributed by atoms with van der Waals surface area (Å²) >= 11 is 0. The van der Waals surface area contributed by atoms with Crippen molar-refractivity contribution in [3.05, 3.63) is 84.4 Å². The van der Waals surface area contributed by atoms with Crippen LogP contribution in [0.4, 0.5) is 0 Å². The molecule has 1 saturated heterocycles. The first-order valence-electron chi connectivity index (χ1n) is 11.3. The molecule has 168 valence electrons. The summed E-state index contributed by atoms with van der Waals surface area (Å²) in [5, 5.41) is 0. The molecule has 1 unspecified atom stereocenters. The van der Waals surface area contributed by atoms with Crippen molar-refractivity contribution in [2.75, 3.05) is 26.7 Å². The predicted octanol–water partition coefficient (Wildman–Crippen LogP) is 3.15. The number of carbonyl (C=O) groups is 1. The van der Waals surface area contributed by atoms with E-state index in [9.17, 15) is 4.79 Å². The molecule has 5 rings (SSSR count). The van der Waals surface area contributed by atoms with Crippen molar-refractivity contribution in [1.82, 2.24) is 19.8 Å². The number of likely N-dealkylation sites (N-methyl/N-ethyl adjacent to an activating group) is 1. The average molecular weight is 441 g/mol. The number of nitrogens with two attached hydrogens (primary N) is 1. The molecule has 3 aromatic rings. The monoisotopic (exact) mass is 440 g/mol. The van der Waals surface area contributed by atoms with Gasteiger partial charge in [0.1, 0.15) is 11.9 Å². The Morgan fingerprint density at radius 2 is 1.73 bits per heavy atom. The molecule has 7 heteroatoms. The third-order valence-electron chi connectivity index (χ3n) is 6.92. The number of hydrogen-bond acceptors (Lipinski definition) is 6. The first kappa shape index (κ1) is 21.1. The van der Waals surface area contributed by atoms with Crippen LogP contribution < -0.4 is 5.73 Å². The van der Waals surface area contributed by atoms with Crippen LogP contribution in [0.3, 0.4) is 0 Å². The normalized spacial score (nSPS) is 21.2. The molecule has 3 heterocycles. The Balaban J connectivity index is 1.43. The van der Waals surface area contributed by atoms with Crippen molar-refractivity contribution < 1.29 is 4.79 Å². The molecule has 33 heavy (non-hydrogen) atoms. The molecule has 2 aliphatic heterocycles. The van der Waals surface area contributed by atoms with Gasteiger partial charge in [0.15, 0.2) is 5.96 Å². The molecule has 1 aromatic heterocycles. The zero-order valence-corrected chi connectivity index (χ0v) is 18.8. The van der Waals surface area contributed by atoms with Crippen LogP contribution in [0, 0.1) is 5.92 Å². The molecule has 0 radical (unpaired) electrons. The quantitative estimate of drug-likeness (QED) is 0.673. The molecule has 0 bridgehead atoms. The summed E-state index contributed by atoms with van der Waals surface area (Å²) in [4.78, 5) is 30.3. The van der Waals surface area contributed by atoms with Crippen LogP contribution in [0.1, 0.15) is 28.8 Å². The molecule has 0 aliphatic carbocycles. The number of likely N-dealkylation sites (tertiary alicyclic amines) is 1. The van der Waals surface area contributed by atoms with E-state index in [0.717, 1.165) is 41.6 Å². The van der Waals surface area contributed by atoms with E-state index in [4.69, 9.17) is 10.7 Å². The summed E-state index contributed by atoms with van der Waals surface area (Å²) in [5.74, 6) is 0.940. The van der Waals surface area contributed by atoms with Crippen molar-refractivity contribution in [3.8, 4) is 11.1 Å². The van der Waals surface area contributed by atoms with Crippen molar-refractivity contribution in [2.45, 2.75) is 18.4 Å². The van der Waals surface area contributed by atoms with E-state index in [0.29, 0.717) is 19.0 Å². The van der Waals surface area contributed by atoms with E-state index in [1.165, 1.54) is 6.33 Å². The lowest BCUT2D eigenvalue weighted by Crippen LogP contribution is -2.46. The Hall–Kier alpha value is -3.74. The number of amides is 1. The van der Waals surface area contributed by atoms with Gasteiger partial charge in [0.25, 0.3) is 5.91 Å². The zero-order valence-electron chi connectivity index (χ0n) is 18.8. The highest BCUT2D eigenvalue weighted by Gasteiger charge is 2.47. The Bertz CT molecular complexity index is 1160. The first-order valence-corrected chi connectivity index (χ1v) is 11.3. The number of aliphatic imine (C=N–C) groups is 1. The topological polar surface area (TPSA) is 87.7 Å². The van der Waals surface area contributed by atoms with Crippen molar-refractivity contribution in [3.63, 3.8) is 0 Å². The van der Waals surface area contributed by atoms with E-state index < -0.39 is 5.54 Å². The number of benzene rings is 2. The summed E-state index contributed by atoms with van der Waals surface area (Å²) in [6, 6.07) is 18.0. The number of nitrogens with zero attached hydrogens (tertiary/aromatic N) is 5. The Labute approximate surface area is 194 Å². The van der Waals surface area contributed by atoms with Gasteiger partial charge in [-0.05, 0) is 48.1 Å². The maximum atomic E-state index is 12.9. The highest BCUT2D eigenvalue weighted by Crippen LogP contribution is 2.44. The van der Waals surface area contributed by atoms with E-state index in [2.05, 4.69) is 34.2 Å². The second-order valence-corrected chi connectivity index (χ2v) is 8.89. The molecule has 7 nitrogen and oxygen atoms in total. The van der Waals surface area contributed by atoms with Gasteiger partial charge in [-0.15, -0.1) is 0 Å². The van der Waals surface area contributed by atoms with Crippen LogP contribution in [0.2, 0.25) is 0 Å². The maximum Gasteiger partial charge on any atom is 0.253 e. The van der Waals surface area contributed by atoms with Crippen LogP contribution in [0.15, 0.2) is 78.3 Å². The Morgan fingerprint density at radius 3 is 2.39 bits per heavy atom. The number of rotatable bonds is 4. The molecular weight excluding hydrogens is 412 g/mol. The van der Waals surface area contributed by atoms with E-state index in [1.807, 2.05) is 59.6 Å². The average Bonchev–Trinajstić information content (AvgIpc) is 3.20. The van der Waals surface area contributed by atoms with Crippen LogP contribution in [-0.4, -0.2) is 58.3 Å².